The zero-order valence-corrected chi connectivity index (χ0v) is 19.6. The van der Waals surface area contributed by atoms with Crippen LogP contribution in [-0.2, 0) is 27.4 Å². The molecule has 1 atom stereocenters. The summed E-state index contributed by atoms with van der Waals surface area (Å²) in [5.74, 6) is -0.626. The van der Waals surface area contributed by atoms with Gasteiger partial charge in [-0.2, -0.15) is 0 Å². The average Bonchev–Trinajstić information content (AvgIpc) is 3.14. The van der Waals surface area contributed by atoms with Crippen LogP contribution < -0.4 is 15.7 Å². The Morgan fingerprint density at radius 2 is 1.60 bits per heavy atom. The van der Waals surface area contributed by atoms with E-state index in [4.69, 9.17) is 9.47 Å². The molecule has 1 N–H and O–H groups in total. The third-order valence-electron chi connectivity index (χ3n) is 5.59. The molecule has 0 fully saturated rings. The molecule has 0 aliphatic rings. The number of rotatable bonds is 9. The van der Waals surface area contributed by atoms with E-state index in [0.717, 1.165) is 11.9 Å². The smallest absolute Gasteiger partial charge is 0.329 e. The topological polar surface area (TPSA) is 91.6 Å². The monoisotopic (exact) mass is 473 g/mol. The second-order valence-corrected chi connectivity index (χ2v) is 8.01. The molecule has 0 aliphatic carbocycles. The number of para-hydroxylation sites is 2. The minimum absolute atomic E-state index is 0.290. The summed E-state index contributed by atoms with van der Waals surface area (Å²) < 4.78 is 13.9. The van der Waals surface area contributed by atoms with Crippen molar-refractivity contribution >= 4 is 28.6 Å². The van der Waals surface area contributed by atoms with Gasteiger partial charge in [-0.25, -0.2) is 4.79 Å². The van der Waals surface area contributed by atoms with Crippen molar-refractivity contribution in [3.8, 4) is 5.75 Å². The van der Waals surface area contributed by atoms with Crippen LogP contribution in [0.25, 0.3) is 11.0 Å². The van der Waals surface area contributed by atoms with Gasteiger partial charge in [-0.1, -0.05) is 55.5 Å². The van der Waals surface area contributed by atoms with Gasteiger partial charge in [0.1, 0.15) is 12.3 Å². The first-order chi connectivity index (χ1) is 17.0. The van der Waals surface area contributed by atoms with E-state index in [-0.39, 0.29) is 12.2 Å². The number of amides is 1. The van der Waals surface area contributed by atoms with Gasteiger partial charge in [-0.05, 0) is 30.7 Å². The molecular formula is C27H27N3O5. The van der Waals surface area contributed by atoms with Gasteiger partial charge in [0.2, 0.25) is 6.10 Å². The number of nitrogens with zero attached hydrogens (tertiary/aromatic N) is 2. The molecule has 4 aromatic rings. The van der Waals surface area contributed by atoms with Crippen molar-refractivity contribution < 1.29 is 19.1 Å². The number of benzene rings is 3. The third kappa shape index (κ3) is 5.27. The van der Waals surface area contributed by atoms with Crippen LogP contribution in [0.2, 0.25) is 0 Å². The highest BCUT2D eigenvalue weighted by Crippen LogP contribution is 2.23. The minimum Gasteiger partial charge on any atom is -0.497 e. The highest BCUT2D eigenvalue weighted by atomic mass is 16.5. The normalized spacial score (nSPS) is 11.7. The van der Waals surface area contributed by atoms with Gasteiger partial charge < -0.3 is 14.8 Å². The highest BCUT2D eigenvalue weighted by Gasteiger charge is 2.26. The number of hydrogen-bond acceptors (Lipinski definition) is 5. The Morgan fingerprint density at radius 3 is 2.29 bits per heavy atom. The van der Waals surface area contributed by atoms with E-state index in [1.54, 1.807) is 59.2 Å². The number of aromatic nitrogens is 2. The number of imidazole rings is 1. The van der Waals surface area contributed by atoms with Crippen molar-refractivity contribution in [2.75, 3.05) is 12.4 Å². The van der Waals surface area contributed by atoms with Crippen LogP contribution >= 0.6 is 0 Å². The molecule has 1 amide bonds. The van der Waals surface area contributed by atoms with Crippen LogP contribution in [0.4, 0.5) is 5.69 Å². The van der Waals surface area contributed by atoms with Crippen LogP contribution in [0.3, 0.4) is 0 Å². The second-order valence-electron chi connectivity index (χ2n) is 8.01. The molecular weight excluding hydrogens is 446 g/mol. The van der Waals surface area contributed by atoms with Gasteiger partial charge in [0.05, 0.1) is 18.1 Å². The fourth-order valence-electron chi connectivity index (χ4n) is 3.97. The molecule has 8 heteroatoms. The van der Waals surface area contributed by atoms with E-state index < -0.39 is 18.0 Å². The van der Waals surface area contributed by atoms with Gasteiger partial charge in [-0.3, -0.25) is 18.7 Å². The largest absolute Gasteiger partial charge is 0.497 e. The minimum atomic E-state index is -1.20. The van der Waals surface area contributed by atoms with Gasteiger partial charge in [0.15, 0.2) is 0 Å². The van der Waals surface area contributed by atoms with Crippen molar-refractivity contribution in [2.45, 2.75) is 32.5 Å². The molecule has 0 saturated heterocycles. The number of aryl methyl sites for hydroxylation is 1. The number of ether oxygens (including phenoxy) is 2. The Bertz CT molecular complexity index is 1390. The van der Waals surface area contributed by atoms with Crippen molar-refractivity contribution in [1.29, 1.82) is 0 Å². The Hall–Kier alpha value is -4.33. The number of fused-ring (bicyclic) bond motifs is 1. The summed E-state index contributed by atoms with van der Waals surface area (Å²) in [6.45, 7) is 2.21. The fraction of sp³-hybridized carbons (Fsp3) is 0.222. The molecule has 180 valence electrons. The molecule has 1 heterocycles. The molecule has 0 aliphatic heterocycles. The maximum atomic E-state index is 13.2. The number of anilines is 1. The van der Waals surface area contributed by atoms with Gasteiger partial charge in [0, 0.05) is 23.9 Å². The Labute approximate surface area is 202 Å². The van der Waals surface area contributed by atoms with Crippen LogP contribution in [0.15, 0.2) is 83.7 Å². The first-order valence-electron chi connectivity index (χ1n) is 11.4. The first kappa shape index (κ1) is 23.8. The molecule has 3 aromatic carbocycles. The predicted octanol–water partition coefficient (Wildman–Crippen LogP) is 4.14. The molecule has 1 unspecified atom stereocenters. The molecule has 35 heavy (non-hydrogen) atoms. The maximum Gasteiger partial charge on any atom is 0.329 e. The third-order valence-corrected chi connectivity index (χ3v) is 5.59. The van der Waals surface area contributed by atoms with Gasteiger partial charge in [-0.15, -0.1) is 0 Å². The SMILES string of the molecule is CCCn1c(=O)n(CC(=O)OC(C(=O)Nc2cccc(OC)c2)c2ccccc2)c2ccccc21. The van der Waals surface area contributed by atoms with Crippen molar-refractivity contribution in [3.63, 3.8) is 0 Å². The summed E-state index contributed by atoms with van der Waals surface area (Å²) in [5, 5.41) is 2.78. The fourth-order valence-corrected chi connectivity index (χ4v) is 3.97. The summed E-state index contributed by atoms with van der Waals surface area (Å²) in [5.41, 5.74) is 2.12. The zero-order chi connectivity index (χ0) is 24.8. The van der Waals surface area contributed by atoms with Gasteiger partial charge in [0.25, 0.3) is 5.91 Å². The highest BCUT2D eigenvalue weighted by molar-refractivity contribution is 5.96. The van der Waals surface area contributed by atoms with E-state index in [9.17, 15) is 14.4 Å². The van der Waals surface area contributed by atoms with E-state index in [2.05, 4.69) is 5.32 Å². The zero-order valence-electron chi connectivity index (χ0n) is 19.6. The van der Waals surface area contributed by atoms with Crippen molar-refractivity contribution in [1.82, 2.24) is 9.13 Å². The number of carbonyl (C=O) groups excluding carboxylic acids is 2. The summed E-state index contributed by atoms with van der Waals surface area (Å²) in [6.07, 6.45) is -0.423. The summed E-state index contributed by atoms with van der Waals surface area (Å²) in [6, 6.07) is 23.0. The lowest BCUT2D eigenvalue weighted by atomic mass is 10.1. The number of carbonyl (C=O) groups is 2. The van der Waals surface area contributed by atoms with E-state index in [0.29, 0.717) is 29.1 Å². The van der Waals surface area contributed by atoms with Crippen LogP contribution in [0.1, 0.15) is 25.0 Å². The lowest BCUT2D eigenvalue weighted by molar-refractivity contribution is -0.155. The Morgan fingerprint density at radius 1 is 0.914 bits per heavy atom. The standard InChI is InChI=1S/C27H27N3O5/c1-3-16-29-22-14-7-8-15-23(22)30(27(29)33)18-24(31)35-25(19-10-5-4-6-11-19)26(32)28-20-12-9-13-21(17-20)34-2/h4-15,17,25H,3,16,18H2,1-2H3,(H,28,32). The maximum absolute atomic E-state index is 13.2. The van der Waals surface area contributed by atoms with Crippen LogP contribution in [0, 0.1) is 0 Å². The lowest BCUT2D eigenvalue weighted by Crippen LogP contribution is -2.31. The molecule has 4 rings (SSSR count). The van der Waals surface area contributed by atoms with E-state index >= 15 is 0 Å². The van der Waals surface area contributed by atoms with Crippen molar-refractivity contribution in [2.24, 2.45) is 0 Å². The Kier molecular flexibility index (Phi) is 7.30. The number of nitrogens with one attached hydrogen (secondary N) is 1. The van der Waals surface area contributed by atoms with E-state index in [1.807, 2.05) is 31.2 Å². The number of hydrogen-bond donors (Lipinski definition) is 1. The summed E-state index contributed by atoms with van der Waals surface area (Å²) in [4.78, 5) is 39.2. The molecule has 1 aromatic heterocycles. The quantitative estimate of drug-likeness (QED) is 0.369. The lowest BCUT2D eigenvalue weighted by Gasteiger charge is -2.18. The van der Waals surface area contributed by atoms with Crippen LogP contribution in [-0.4, -0.2) is 28.1 Å². The van der Waals surface area contributed by atoms with Crippen molar-refractivity contribution in [3.05, 3.63) is 94.9 Å². The predicted molar refractivity (Wildman–Crippen MR) is 133 cm³/mol. The molecule has 8 nitrogen and oxygen atoms in total. The van der Waals surface area contributed by atoms with Gasteiger partial charge >= 0.3 is 11.7 Å². The molecule has 0 spiro atoms. The average molecular weight is 474 g/mol. The number of esters is 1. The summed E-state index contributed by atoms with van der Waals surface area (Å²) >= 11 is 0. The first-order valence-corrected chi connectivity index (χ1v) is 11.4. The summed E-state index contributed by atoms with van der Waals surface area (Å²) in [7, 11) is 1.54. The molecule has 0 radical (unpaired) electrons. The van der Waals surface area contributed by atoms with E-state index in [1.165, 1.54) is 11.7 Å². The van der Waals surface area contributed by atoms with Crippen LogP contribution in [0.5, 0.6) is 5.75 Å². The second kappa shape index (κ2) is 10.7. The number of methoxy groups -OCH3 is 1. The Balaban J connectivity index is 1.59. The molecule has 0 saturated carbocycles. The molecule has 0 bridgehead atoms.